The maximum absolute atomic E-state index is 11.4. The first-order valence-corrected chi connectivity index (χ1v) is 4.75. The quantitative estimate of drug-likeness (QED) is 0.490. The summed E-state index contributed by atoms with van der Waals surface area (Å²) in [5.41, 5.74) is 5.95. The molecule has 0 saturated carbocycles. The number of phosphoric ester groups is 1. The van der Waals surface area contributed by atoms with Gasteiger partial charge in [0, 0.05) is 0 Å². The molecule has 2 aliphatic rings. The summed E-state index contributed by atoms with van der Waals surface area (Å²) in [4.78, 5) is 0. The molecule has 0 saturated heterocycles. The van der Waals surface area contributed by atoms with Crippen molar-refractivity contribution in [2.45, 2.75) is 0 Å². The number of anilines is 1. The highest BCUT2D eigenvalue weighted by atomic mass is 31.2. The number of phosphoric acid groups is 1. The van der Waals surface area contributed by atoms with E-state index >= 15 is 0 Å². The number of rotatable bonds is 0. The van der Waals surface area contributed by atoms with E-state index in [2.05, 4.69) is 0 Å². The Kier molecular flexibility index (Phi) is 0.796. The smallest absolute Gasteiger partial charge is 0.396 e. The largest absolute Gasteiger partial charge is 0.647 e. The Morgan fingerprint density at radius 3 is 2.58 bits per heavy atom. The van der Waals surface area contributed by atoms with E-state index in [1.54, 1.807) is 12.1 Å². The molecule has 1 aromatic carbocycles. The SMILES string of the molecule is Nc1ccc2c3c1OP(=O)(O2)O3. The molecule has 0 aromatic heterocycles. The fourth-order valence-electron chi connectivity index (χ4n) is 1.21. The molecule has 6 heteroatoms. The van der Waals surface area contributed by atoms with Crippen LogP contribution in [0.3, 0.4) is 0 Å². The Balaban J connectivity index is 2.40. The van der Waals surface area contributed by atoms with Crippen molar-refractivity contribution in [3.8, 4) is 17.2 Å². The minimum atomic E-state index is -3.35. The average Bonchev–Trinajstić information content (AvgIpc) is 2.49. The Morgan fingerprint density at radius 1 is 1.17 bits per heavy atom. The molecule has 0 amide bonds. The van der Waals surface area contributed by atoms with Gasteiger partial charge in [0.1, 0.15) is 0 Å². The van der Waals surface area contributed by atoms with Crippen LogP contribution in [0.4, 0.5) is 5.69 Å². The van der Waals surface area contributed by atoms with Crippen molar-refractivity contribution in [3.63, 3.8) is 0 Å². The third-order valence-corrected chi connectivity index (χ3v) is 2.96. The van der Waals surface area contributed by atoms with E-state index in [4.69, 9.17) is 19.3 Å². The van der Waals surface area contributed by atoms with E-state index in [-0.39, 0.29) is 0 Å². The molecule has 0 radical (unpaired) electrons. The minimum absolute atomic E-state index is 0.335. The topological polar surface area (TPSA) is 70.8 Å². The minimum Gasteiger partial charge on any atom is -0.396 e. The molecule has 3 rings (SSSR count). The summed E-state index contributed by atoms with van der Waals surface area (Å²) in [7, 11) is -3.35. The van der Waals surface area contributed by atoms with Crippen LogP contribution < -0.4 is 19.3 Å². The van der Waals surface area contributed by atoms with E-state index in [0.29, 0.717) is 22.9 Å². The predicted molar refractivity (Wildman–Crippen MR) is 40.3 cm³/mol. The van der Waals surface area contributed by atoms with E-state index in [1.165, 1.54) is 0 Å². The Morgan fingerprint density at radius 2 is 1.92 bits per heavy atom. The summed E-state index contributed by atoms with van der Waals surface area (Å²) in [5, 5.41) is 0. The number of hydrogen-bond donors (Lipinski definition) is 1. The van der Waals surface area contributed by atoms with E-state index < -0.39 is 7.82 Å². The van der Waals surface area contributed by atoms with Crippen LogP contribution in [0.5, 0.6) is 17.2 Å². The molecule has 0 spiro atoms. The van der Waals surface area contributed by atoms with E-state index in [1.807, 2.05) is 0 Å². The highest BCUT2D eigenvalue weighted by molar-refractivity contribution is 7.50. The third kappa shape index (κ3) is 0.539. The van der Waals surface area contributed by atoms with Gasteiger partial charge in [0.05, 0.1) is 5.69 Å². The predicted octanol–water partition coefficient (Wildman–Crippen LogP) is 1.54. The standard InChI is InChI=1S/C6H4NO4P/c7-3-1-2-4-6-5(3)10-12(8,9-4)11-6/h1-2H,7H2. The van der Waals surface area contributed by atoms with Crippen molar-refractivity contribution in [3.05, 3.63) is 12.1 Å². The number of fused-ring (bicyclic) bond motifs is 1. The van der Waals surface area contributed by atoms with Gasteiger partial charge < -0.3 is 19.3 Å². The molecule has 62 valence electrons. The molecule has 0 aliphatic carbocycles. The number of hydrogen-bond acceptors (Lipinski definition) is 5. The van der Waals surface area contributed by atoms with Gasteiger partial charge in [-0.1, -0.05) is 0 Å². The first-order valence-electron chi connectivity index (χ1n) is 3.29. The van der Waals surface area contributed by atoms with Crippen LogP contribution in [-0.4, -0.2) is 0 Å². The summed E-state index contributed by atoms with van der Waals surface area (Å²) >= 11 is 0. The van der Waals surface area contributed by atoms with Crippen LogP contribution >= 0.6 is 7.82 Å². The van der Waals surface area contributed by atoms with Gasteiger partial charge in [-0.2, -0.15) is 4.57 Å². The van der Waals surface area contributed by atoms with Crippen molar-refractivity contribution >= 4 is 13.5 Å². The monoisotopic (exact) mass is 185 g/mol. The molecule has 12 heavy (non-hydrogen) atoms. The van der Waals surface area contributed by atoms with Gasteiger partial charge in [-0.05, 0) is 12.1 Å². The van der Waals surface area contributed by atoms with E-state index in [9.17, 15) is 4.57 Å². The number of nitrogens with two attached hydrogens (primary N) is 1. The van der Waals surface area contributed by atoms with Crippen molar-refractivity contribution < 1.29 is 18.1 Å². The van der Waals surface area contributed by atoms with Gasteiger partial charge in [0.2, 0.25) is 11.5 Å². The lowest BCUT2D eigenvalue weighted by Crippen LogP contribution is -1.99. The molecule has 2 bridgehead atoms. The molecule has 1 atom stereocenters. The van der Waals surface area contributed by atoms with Gasteiger partial charge in [-0.15, -0.1) is 0 Å². The average molecular weight is 185 g/mol. The van der Waals surface area contributed by atoms with Crippen molar-refractivity contribution in [2.24, 2.45) is 0 Å². The van der Waals surface area contributed by atoms with Crippen LogP contribution in [-0.2, 0) is 4.57 Å². The molecule has 2 heterocycles. The van der Waals surface area contributed by atoms with Gasteiger partial charge in [0.25, 0.3) is 0 Å². The first kappa shape index (κ1) is 6.20. The fourth-order valence-corrected chi connectivity index (χ4v) is 2.52. The highest BCUT2D eigenvalue weighted by Crippen LogP contribution is 2.69. The maximum atomic E-state index is 11.4. The molecule has 1 aromatic rings. The van der Waals surface area contributed by atoms with Crippen molar-refractivity contribution in [1.82, 2.24) is 0 Å². The fraction of sp³-hybridized carbons (Fsp3) is 0. The molecule has 1 unspecified atom stereocenters. The molecular formula is C6H4NO4P. The van der Waals surface area contributed by atoms with Gasteiger partial charge in [0.15, 0.2) is 5.75 Å². The van der Waals surface area contributed by atoms with Crippen LogP contribution in [0.15, 0.2) is 12.1 Å². The summed E-state index contributed by atoms with van der Waals surface area (Å²) in [5.74, 6) is 1.13. The number of nitrogen functional groups attached to an aromatic ring is 1. The maximum Gasteiger partial charge on any atom is 0.647 e. The van der Waals surface area contributed by atoms with Crippen LogP contribution in [0.1, 0.15) is 0 Å². The van der Waals surface area contributed by atoms with Crippen molar-refractivity contribution in [1.29, 1.82) is 0 Å². The van der Waals surface area contributed by atoms with Gasteiger partial charge in [-0.3, -0.25) is 0 Å². The van der Waals surface area contributed by atoms with Crippen LogP contribution in [0.2, 0.25) is 0 Å². The summed E-state index contributed by atoms with van der Waals surface area (Å²) in [6, 6.07) is 3.22. The molecular weight excluding hydrogens is 181 g/mol. The number of benzene rings is 1. The van der Waals surface area contributed by atoms with Crippen LogP contribution in [0.25, 0.3) is 0 Å². The second kappa shape index (κ2) is 1.54. The molecule has 2 aliphatic heterocycles. The lowest BCUT2D eigenvalue weighted by Gasteiger charge is -2.09. The molecule has 0 fully saturated rings. The van der Waals surface area contributed by atoms with Gasteiger partial charge >= 0.3 is 7.82 Å². The summed E-state index contributed by atoms with van der Waals surface area (Å²) < 4.78 is 26.0. The second-order valence-corrected chi connectivity index (χ2v) is 3.97. The normalized spacial score (nSPS) is 27.7. The zero-order chi connectivity index (χ0) is 8.34. The Hall–Kier alpha value is -1.35. The van der Waals surface area contributed by atoms with E-state index in [0.717, 1.165) is 0 Å². The Bertz CT molecular complexity index is 430. The zero-order valence-corrected chi connectivity index (χ0v) is 6.71. The van der Waals surface area contributed by atoms with Gasteiger partial charge in [-0.25, -0.2) is 0 Å². The highest BCUT2D eigenvalue weighted by Gasteiger charge is 2.50. The zero-order valence-electron chi connectivity index (χ0n) is 5.81. The first-order chi connectivity index (χ1) is 5.68. The second-order valence-electron chi connectivity index (χ2n) is 2.53. The lowest BCUT2D eigenvalue weighted by atomic mass is 10.2. The Labute approximate surface area is 67.6 Å². The summed E-state index contributed by atoms with van der Waals surface area (Å²) in [6.45, 7) is 0. The van der Waals surface area contributed by atoms with Crippen LogP contribution in [0, 0.1) is 0 Å². The molecule has 5 nitrogen and oxygen atoms in total. The molecule has 2 N–H and O–H groups in total. The third-order valence-electron chi connectivity index (χ3n) is 1.72. The van der Waals surface area contributed by atoms with Crippen molar-refractivity contribution in [2.75, 3.05) is 5.73 Å². The lowest BCUT2D eigenvalue weighted by molar-refractivity contribution is 0.354. The summed E-state index contributed by atoms with van der Waals surface area (Å²) in [6.07, 6.45) is 0.